The Morgan fingerprint density at radius 3 is 2.93 bits per heavy atom. The molecule has 9 heteroatoms. The number of aromatic nitrogens is 1. The van der Waals surface area contributed by atoms with Crippen molar-refractivity contribution in [2.45, 2.75) is 12.0 Å². The molecule has 1 aromatic heterocycles. The third-order valence-electron chi connectivity index (χ3n) is 4.54. The third kappa shape index (κ3) is 2.91. The van der Waals surface area contributed by atoms with Crippen LogP contribution in [-0.2, 0) is 4.79 Å². The number of nitrogens with zero attached hydrogens (tertiary/aromatic N) is 3. The lowest BCUT2D eigenvalue weighted by Crippen LogP contribution is -2.52. The summed E-state index contributed by atoms with van der Waals surface area (Å²) in [5.41, 5.74) is -0.828. The van der Waals surface area contributed by atoms with E-state index < -0.39 is 17.3 Å². The number of benzene rings is 1. The van der Waals surface area contributed by atoms with E-state index in [0.29, 0.717) is 18.7 Å². The average molecular weight is 367 g/mol. The SMILES string of the molecule is N#CN1CCC2(C1)Oc1nc(C(=O)Nc3ccccc3F)ccc1NC2=O. The van der Waals surface area contributed by atoms with Gasteiger partial charge in [-0.3, -0.25) is 9.59 Å². The summed E-state index contributed by atoms with van der Waals surface area (Å²) in [7, 11) is 0. The molecule has 1 spiro atoms. The number of nitrogens with one attached hydrogen (secondary N) is 2. The average Bonchev–Trinajstić information content (AvgIpc) is 3.08. The van der Waals surface area contributed by atoms with Crippen molar-refractivity contribution < 1.29 is 18.7 Å². The van der Waals surface area contributed by atoms with Crippen LogP contribution in [0.5, 0.6) is 5.88 Å². The highest BCUT2D eigenvalue weighted by Gasteiger charge is 2.50. The van der Waals surface area contributed by atoms with Gasteiger partial charge in [0.25, 0.3) is 11.8 Å². The Labute approximate surface area is 153 Å². The number of ether oxygens (including phenoxy) is 1. The van der Waals surface area contributed by atoms with Gasteiger partial charge in [0.05, 0.1) is 12.2 Å². The summed E-state index contributed by atoms with van der Waals surface area (Å²) >= 11 is 0. The molecule has 8 nitrogen and oxygen atoms in total. The number of nitriles is 1. The first-order chi connectivity index (χ1) is 13.0. The van der Waals surface area contributed by atoms with Gasteiger partial charge in [0.15, 0.2) is 6.19 Å². The monoisotopic (exact) mass is 367 g/mol. The van der Waals surface area contributed by atoms with E-state index in [2.05, 4.69) is 15.6 Å². The van der Waals surface area contributed by atoms with Crippen molar-refractivity contribution in [3.05, 3.63) is 47.9 Å². The van der Waals surface area contributed by atoms with Gasteiger partial charge in [-0.1, -0.05) is 12.1 Å². The molecule has 2 aromatic rings. The Bertz CT molecular complexity index is 989. The van der Waals surface area contributed by atoms with Crippen molar-refractivity contribution in [1.82, 2.24) is 9.88 Å². The van der Waals surface area contributed by atoms with Crippen LogP contribution in [0.3, 0.4) is 0 Å². The summed E-state index contributed by atoms with van der Waals surface area (Å²) in [5, 5.41) is 14.2. The maximum atomic E-state index is 13.7. The molecule has 2 aliphatic heterocycles. The maximum absolute atomic E-state index is 13.7. The number of carbonyl (C=O) groups excluding carboxylic acids is 2. The van der Waals surface area contributed by atoms with E-state index in [1.807, 2.05) is 6.19 Å². The third-order valence-corrected chi connectivity index (χ3v) is 4.54. The number of halogens is 1. The van der Waals surface area contributed by atoms with Gasteiger partial charge < -0.3 is 20.3 Å². The van der Waals surface area contributed by atoms with E-state index >= 15 is 0 Å². The van der Waals surface area contributed by atoms with Gasteiger partial charge in [0.2, 0.25) is 11.5 Å². The first kappa shape index (κ1) is 16.8. The van der Waals surface area contributed by atoms with Gasteiger partial charge in [0.1, 0.15) is 17.2 Å². The molecule has 2 N–H and O–H groups in total. The predicted octanol–water partition coefficient (Wildman–Crippen LogP) is 1.73. The van der Waals surface area contributed by atoms with Crippen LogP contribution >= 0.6 is 0 Å². The number of anilines is 2. The largest absolute Gasteiger partial charge is 0.457 e. The Morgan fingerprint density at radius 2 is 2.19 bits per heavy atom. The van der Waals surface area contributed by atoms with Gasteiger partial charge in [-0.05, 0) is 24.3 Å². The zero-order valence-corrected chi connectivity index (χ0v) is 14.0. The van der Waals surface area contributed by atoms with Crippen molar-refractivity contribution in [3.63, 3.8) is 0 Å². The molecule has 2 aliphatic rings. The standard InChI is InChI=1S/C18H14FN5O3/c19-11-3-1-2-4-12(11)21-15(25)13-5-6-14-16(22-13)27-18(17(26)23-14)7-8-24(9-18)10-20/h1-6H,7-9H2,(H,21,25)(H,23,26). The lowest BCUT2D eigenvalue weighted by atomic mass is 10.0. The molecule has 3 heterocycles. The second-order valence-corrected chi connectivity index (χ2v) is 6.31. The number of hydrogen-bond donors (Lipinski definition) is 2. The van der Waals surface area contributed by atoms with Crippen LogP contribution in [0, 0.1) is 17.3 Å². The minimum atomic E-state index is -1.21. The number of pyridine rings is 1. The number of amides is 2. The highest BCUT2D eigenvalue weighted by Crippen LogP contribution is 2.36. The zero-order valence-electron chi connectivity index (χ0n) is 14.0. The molecule has 1 aromatic carbocycles. The van der Waals surface area contributed by atoms with Crippen LogP contribution in [0.25, 0.3) is 0 Å². The van der Waals surface area contributed by atoms with Crippen LogP contribution in [0.15, 0.2) is 36.4 Å². The van der Waals surface area contributed by atoms with E-state index in [4.69, 9.17) is 10.00 Å². The van der Waals surface area contributed by atoms with Crippen molar-refractivity contribution in [1.29, 1.82) is 5.26 Å². The molecular formula is C18H14FN5O3. The maximum Gasteiger partial charge on any atom is 0.274 e. The summed E-state index contributed by atoms with van der Waals surface area (Å²) in [5.74, 6) is -1.43. The summed E-state index contributed by atoms with van der Waals surface area (Å²) in [4.78, 5) is 30.4. The molecule has 0 radical (unpaired) electrons. The number of fused-ring (bicyclic) bond motifs is 1. The predicted molar refractivity (Wildman–Crippen MR) is 92.4 cm³/mol. The molecule has 1 unspecified atom stereocenters. The molecule has 136 valence electrons. The zero-order chi connectivity index (χ0) is 19.0. The molecular weight excluding hydrogens is 353 g/mol. The first-order valence-electron chi connectivity index (χ1n) is 8.23. The fourth-order valence-corrected chi connectivity index (χ4v) is 3.09. The molecule has 1 fully saturated rings. The summed E-state index contributed by atoms with van der Waals surface area (Å²) in [6.45, 7) is 0.509. The number of likely N-dealkylation sites (tertiary alicyclic amines) is 1. The van der Waals surface area contributed by atoms with Gasteiger partial charge in [-0.25, -0.2) is 9.37 Å². The van der Waals surface area contributed by atoms with Crippen LogP contribution in [0.4, 0.5) is 15.8 Å². The molecule has 1 atom stereocenters. The van der Waals surface area contributed by atoms with Crippen LogP contribution < -0.4 is 15.4 Å². The lowest BCUT2D eigenvalue weighted by molar-refractivity contribution is -0.131. The van der Waals surface area contributed by atoms with Gasteiger partial charge in [-0.2, -0.15) is 5.26 Å². The summed E-state index contributed by atoms with van der Waals surface area (Å²) < 4.78 is 19.5. The highest BCUT2D eigenvalue weighted by molar-refractivity contribution is 6.04. The van der Waals surface area contributed by atoms with Gasteiger partial charge in [-0.15, -0.1) is 0 Å². The minimum Gasteiger partial charge on any atom is -0.457 e. The molecule has 0 aliphatic carbocycles. The molecule has 0 saturated carbocycles. The fraction of sp³-hybridized carbons (Fsp3) is 0.222. The molecule has 4 rings (SSSR count). The van der Waals surface area contributed by atoms with Crippen LogP contribution in [-0.4, -0.2) is 40.4 Å². The van der Waals surface area contributed by atoms with E-state index in [-0.39, 0.29) is 29.7 Å². The van der Waals surface area contributed by atoms with E-state index in [0.717, 1.165) is 0 Å². The van der Waals surface area contributed by atoms with E-state index in [9.17, 15) is 14.0 Å². The number of carbonyl (C=O) groups is 2. The quantitative estimate of drug-likeness (QED) is 0.783. The minimum absolute atomic E-state index is 0.0124. The molecule has 0 bridgehead atoms. The van der Waals surface area contributed by atoms with Crippen molar-refractivity contribution in [3.8, 4) is 12.1 Å². The first-order valence-corrected chi connectivity index (χ1v) is 8.23. The van der Waals surface area contributed by atoms with Gasteiger partial charge >= 0.3 is 0 Å². The topological polar surface area (TPSA) is 107 Å². The van der Waals surface area contributed by atoms with E-state index in [1.165, 1.54) is 35.2 Å². The Hall–Kier alpha value is -3.67. The van der Waals surface area contributed by atoms with E-state index in [1.54, 1.807) is 6.07 Å². The molecule has 1 saturated heterocycles. The Balaban J connectivity index is 1.59. The van der Waals surface area contributed by atoms with Crippen LogP contribution in [0.1, 0.15) is 16.9 Å². The lowest BCUT2D eigenvalue weighted by Gasteiger charge is -2.33. The van der Waals surface area contributed by atoms with Crippen molar-refractivity contribution in [2.24, 2.45) is 0 Å². The fourth-order valence-electron chi connectivity index (χ4n) is 3.09. The number of hydrogen-bond acceptors (Lipinski definition) is 6. The summed E-state index contributed by atoms with van der Waals surface area (Å²) in [6, 6.07) is 8.70. The second-order valence-electron chi connectivity index (χ2n) is 6.31. The Morgan fingerprint density at radius 1 is 1.37 bits per heavy atom. The highest BCUT2D eigenvalue weighted by atomic mass is 19.1. The van der Waals surface area contributed by atoms with Crippen molar-refractivity contribution in [2.75, 3.05) is 23.7 Å². The number of para-hydroxylation sites is 1. The summed E-state index contributed by atoms with van der Waals surface area (Å²) in [6.07, 6.45) is 2.33. The normalized spacial score (nSPS) is 20.4. The van der Waals surface area contributed by atoms with Gasteiger partial charge in [0, 0.05) is 13.0 Å². The molecule has 2 amide bonds. The second kappa shape index (κ2) is 6.25. The molecule has 27 heavy (non-hydrogen) atoms. The number of rotatable bonds is 2. The van der Waals surface area contributed by atoms with Crippen LogP contribution in [0.2, 0.25) is 0 Å². The van der Waals surface area contributed by atoms with Crippen molar-refractivity contribution >= 4 is 23.2 Å². The Kier molecular flexibility index (Phi) is 3.88. The smallest absolute Gasteiger partial charge is 0.274 e.